The quantitative estimate of drug-likeness (QED) is 0.918. The summed E-state index contributed by atoms with van der Waals surface area (Å²) in [7, 11) is 0. The first-order valence-electron chi connectivity index (χ1n) is 7.37. The Balaban J connectivity index is 1.89. The fourth-order valence-corrected chi connectivity index (χ4v) is 2.90. The first kappa shape index (κ1) is 14.2. The third kappa shape index (κ3) is 2.83. The highest BCUT2D eigenvalue weighted by Gasteiger charge is 2.37. The third-order valence-electron chi connectivity index (χ3n) is 4.32. The summed E-state index contributed by atoms with van der Waals surface area (Å²) in [6, 6.07) is 4.72. The van der Waals surface area contributed by atoms with Gasteiger partial charge >= 0.3 is 0 Å². The van der Waals surface area contributed by atoms with Gasteiger partial charge in [0.05, 0.1) is 5.54 Å². The molecule has 3 rings (SSSR count). The molecule has 21 heavy (non-hydrogen) atoms. The molecule has 0 bridgehead atoms. The number of halogens is 1. The van der Waals surface area contributed by atoms with Gasteiger partial charge in [0.2, 0.25) is 11.7 Å². The predicted molar refractivity (Wildman–Crippen MR) is 77.9 cm³/mol. The monoisotopic (exact) mass is 289 g/mol. The van der Waals surface area contributed by atoms with Gasteiger partial charge in [0.1, 0.15) is 5.82 Å². The molecular weight excluding hydrogens is 269 g/mol. The number of hydrogen-bond donors (Lipinski definition) is 1. The molecule has 1 saturated carbocycles. The minimum Gasteiger partial charge on any atom is -0.337 e. The summed E-state index contributed by atoms with van der Waals surface area (Å²) in [5.74, 6) is 1.25. The maximum Gasteiger partial charge on any atom is 0.247 e. The molecule has 0 atom stereocenters. The normalized spacial score (nSPS) is 26.0. The number of rotatable bonds is 2. The summed E-state index contributed by atoms with van der Waals surface area (Å²) >= 11 is 0. The van der Waals surface area contributed by atoms with Crippen LogP contribution in [0.3, 0.4) is 0 Å². The largest absolute Gasteiger partial charge is 0.337 e. The van der Waals surface area contributed by atoms with E-state index >= 15 is 0 Å². The van der Waals surface area contributed by atoms with Gasteiger partial charge in [-0.15, -0.1) is 0 Å². The Morgan fingerprint density at radius 2 is 2.00 bits per heavy atom. The Morgan fingerprint density at radius 3 is 2.67 bits per heavy atom. The van der Waals surface area contributed by atoms with E-state index in [-0.39, 0.29) is 5.82 Å². The molecule has 2 N–H and O–H groups in total. The molecule has 5 heteroatoms. The fraction of sp³-hybridized carbons (Fsp3) is 0.500. The number of aromatic nitrogens is 2. The van der Waals surface area contributed by atoms with Crippen LogP contribution in [-0.4, -0.2) is 10.1 Å². The predicted octanol–water partition coefficient (Wildman–Crippen LogP) is 3.55. The second-order valence-corrected chi connectivity index (χ2v) is 6.28. The molecular formula is C16H20FN3O. The molecule has 0 spiro atoms. The molecule has 1 aliphatic rings. The zero-order valence-corrected chi connectivity index (χ0v) is 12.4. The third-order valence-corrected chi connectivity index (χ3v) is 4.32. The van der Waals surface area contributed by atoms with Crippen molar-refractivity contribution in [2.24, 2.45) is 11.7 Å². The van der Waals surface area contributed by atoms with Gasteiger partial charge in [0.25, 0.3) is 0 Å². The van der Waals surface area contributed by atoms with Crippen molar-refractivity contribution >= 4 is 0 Å². The molecule has 2 aromatic rings. The van der Waals surface area contributed by atoms with Gasteiger partial charge in [-0.25, -0.2) is 4.39 Å². The highest BCUT2D eigenvalue weighted by molar-refractivity contribution is 5.55. The van der Waals surface area contributed by atoms with E-state index in [0.29, 0.717) is 23.2 Å². The van der Waals surface area contributed by atoms with Gasteiger partial charge in [-0.1, -0.05) is 12.1 Å². The highest BCUT2D eigenvalue weighted by Crippen LogP contribution is 2.37. The lowest BCUT2D eigenvalue weighted by Crippen LogP contribution is -2.40. The van der Waals surface area contributed by atoms with Crippen molar-refractivity contribution in [1.82, 2.24) is 10.1 Å². The van der Waals surface area contributed by atoms with Crippen molar-refractivity contribution in [2.45, 2.75) is 45.1 Å². The molecule has 1 heterocycles. The molecule has 1 fully saturated rings. The van der Waals surface area contributed by atoms with Crippen molar-refractivity contribution in [3.05, 3.63) is 35.5 Å². The van der Waals surface area contributed by atoms with Crippen LogP contribution in [0.4, 0.5) is 4.39 Å². The Labute approximate surface area is 123 Å². The van der Waals surface area contributed by atoms with E-state index in [4.69, 9.17) is 10.3 Å². The highest BCUT2D eigenvalue weighted by atomic mass is 19.1. The molecule has 112 valence electrons. The average molecular weight is 289 g/mol. The van der Waals surface area contributed by atoms with Gasteiger partial charge in [0.15, 0.2) is 0 Å². The molecule has 1 aliphatic carbocycles. The second-order valence-electron chi connectivity index (χ2n) is 6.28. The minimum absolute atomic E-state index is 0.301. The Bertz CT molecular complexity index is 624. The molecule has 0 radical (unpaired) electrons. The van der Waals surface area contributed by atoms with Crippen molar-refractivity contribution < 1.29 is 8.91 Å². The van der Waals surface area contributed by atoms with Crippen LogP contribution in [-0.2, 0) is 5.54 Å². The lowest BCUT2D eigenvalue weighted by molar-refractivity contribution is 0.190. The summed E-state index contributed by atoms with van der Waals surface area (Å²) in [5, 5.41) is 3.98. The first-order valence-corrected chi connectivity index (χ1v) is 7.37. The molecule has 0 aliphatic heterocycles. The van der Waals surface area contributed by atoms with Crippen LogP contribution in [0.5, 0.6) is 0 Å². The Kier molecular flexibility index (Phi) is 3.53. The Morgan fingerprint density at radius 1 is 1.29 bits per heavy atom. The van der Waals surface area contributed by atoms with Gasteiger partial charge < -0.3 is 10.3 Å². The average Bonchev–Trinajstić information content (AvgIpc) is 2.92. The summed E-state index contributed by atoms with van der Waals surface area (Å²) < 4.78 is 18.9. The lowest BCUT2D eigenvalue weighted by Gasteiger charge is -2.32. The number of benzene rings is 1. The van der Waals surface area contributed by atoms with Gasteiger partial charge in [-0.3, -0.25) is 0 Å². The minimum atomic E-state index is -0.542. The maximum absolute atomic E-state index is 13.5. The van der Waals surface area contributed by atoms with Crippen LogP contribution in [0, 0.1) is 18.7 Å². The van der Waals surface area contributed by atoms with E-state index < -0.39 is 5.54 Å². The number of nitrogens with two attached hydrogens (primary N) is 1. The molecule has 1 aromatic heterocycles. The van der Waals surface area contributed by atoms with Crippen LogP contribution in [0.2, 0.25) is 0 Å². The lowest BCUT2D eigenvalue weighted by atomic mass is 9.78. The number of aryl methyl sites for hydroxylation is 1. The van der Waals surface area contributed by atoms with Crippen LogP contribution in [0.25, 0.3) is 11.4 Å². The standard InChI is InChI=1S/C16H20FN3O/c1-10-3-5-16(18,6-4-10)15-19-14(20-21-15)12-7-11(2)8-13(17)9-12/h7-10H,3-6,18H2,1-2H3. The second kappa shape index (κ2) is 5.22. The molecule has 0 amide bonds. The Hall–Kier alpha value is -1.75. The van der Waals surface area contributed by atoms with Crippen LogP contribution < -0.4 is 5.73 Å². The first-order chi connectivity index (χ1) is 9.96. The van der Waals surface area contributed by atoms with Crippen molar-refractivity contribution in [3.63, 3.8) is 0 Å². The van der Waals surface area contributed by atoms with Gasteiger partial charge in [-0.2, -0.15) is 4.98 Å². The topological polar surface area (TPSA) is 64.9 Å². The van der Waals surface area contributed by atoms with Crippen LogP contribution in [0.15, 0.2) is 22.7 Å². The van der Waals surface area contributed by atoms with Crippen LogP contribution >= 0.6 is 0 Å². The van der Waals surface area contributed by atoms with Crippen molar-refractivity contribution in [2.75, 3.05) is 0 Å². The summed E-state index contributed by atoms with van der Waals surface area (Å²) in [6.07, 6.45) is 3.82. The molecule has 0 saturated heterocycles. The van der Waals surface area contributed by atoms with E-state index in [2.05, 4.69) is 17.1 Å². The molecule has 0 unspecified atom stereocenters. The summed E-state index contributed by atoms with van der Waals surface area (Å²) in [4.78, 5) is 4.41. The van der Waals surface area contributed by atoms with Crippen molar-refractivity contribution in [3.8, 4) is 11.4 Å². The van der Waals surface area contributed by atoms with Gasteiger partial charge in [0, 0.05) is 5.56 Å². The van der Waals surface area contributed by atoms with E-state index in [9.17, 15) is 4.39 Å². The van der Waals surface area contributed by atoms with E-state index in [1.165, 1.54) is 12.1 Å². The smallest absolute Gasteiger partial charge is 0.247 e. The fourth-order valence-electron chi connectivity index (χ4n) is 2.90. The summed E-state index contributed by atoms with van der Waals surface area (Å²) in [5.41, 5.74) is 7.33. The zero-order valence-electron chi connectivity index (χ0n) is 12.4. The van der Waals surface area contributed by atoms with Crippen molar-refractivity contribution in [1.29, 1.82) is 0 Å². The zero-order chi connectivity index (χ0) is 15.0. The summed E-state index contributed by atoms with van der Waals surface area (Å²) in [6.45, 7) is 4.06. The number of hydrogen-bond acceptors (Lipinski definition) is 4. The molecule has 1 aromatic carbocycles. The number of nitrogens with zero attached hydrogens (tertiary/aromatic N) is 2. The van der Waals surface area contributed by atoms with E-state index in [1.807, 2.05) is 13.0 Å². The maximum atomic E-state index is 13.5. The van der Waals surface area contributed by atoms with E-state index in [0.717, 1.165) is 31.2 Å². The van der Waals surface area contributed by atoms with Gasteiger partial charge in [-0.05, 0) is 62.3 Å². The van der Waals surface area contributed by atoms with Crippen LogP contribution in [0.1, 0.15) is 44.1 Å². The molecule has 4 nitrogen and oxygen atoms in total. The van der Waals surface area contributed by atoms with E-state index in [1.54, 1.807) is 0 Å². The SMILES string of the molecule is Cc1cc(F)cc(-c2noc(C3(N)CCC(C)CC3)n2)c1.